The van der Waals surface area contributed by atoms with Crippen molar-refractivity contribution >= 4 is 17.9 Å². The molecule has 38 heavy (non-hydrogen) atoms. The SMILES string of the molecule is CC(=O)OC1O[C@H](COC(c2ccccc2)(c2ccccc2)c2ccccc2)[C@@H](OC(C)=O)[C@H]1OC(C)=O. The molecule has 8 heteroatoms. The fraction of sp³-hybridized carbons (Fsp3) is 0.300. The minimum absolute atomic E-state index is 0.0911. The Labute approximate surface area is 221 Å². The molecule has 1 fully saturated rings. The van der Waals surface area contributed by atoms with Crippen molar-refractivity contribution in [3.63, 3.8) is 0 Å². The van der Waals surface area contributed by atoms with E-state index in [4.69, 9.17) is 23.7 Å². The molecule has 4 atom stereocenters. The molecule has 1 aliphatic rings. The number of ether oxygens (including phenoxy) is 5. The first-order valence-corrected chi connectivity index (χ1v) is 12.3. The smallest absolute Gasteiger partial charge is 0.305 e. The molecule has 0 amide bonds. The number of carbonyl (C=O) groups excluding carboxylic acids is 3. The molecular weight excluding hydrogens is 488 g/mol. The van der Waals surface area contributed by atoms with E-state index in [1.54, 1.807) is 0 Å². The summed E-state index contributed by atoms with van der Waals surface area (Å²) in [4.78, 5) is 35.6. The quantitative estimate of drug-likeness (QED) is 0.237. The number of esters is 3. The van der Waals surface area contributed by atoms with E-state index < -0.39 is 48.1 Å². The molecular formula is C30H30O8. The number of hydrogen-bond donors (Lipinski definition) is 0. The fourth-order valence-electron chi connectivity index (χ4n) is 4.71. The lowest BCUT2D eigenvalue weighted by atomic mass is 9.80. The third kappa shape index (κ3) is 5.93. The van der Waals surface area contributed by atoms with Gasteiger partial charge >= 0.3 is 17.9 Å². The fourth-order valence-corrected chi connectivity index (χ4v) is 4.71. The number of hydrogen-bond acceptors (Lipinski definition) is 8. The lowest BCUT2D eigenvalue weighted by Crippen LogP contribution is -2.43. The number of rotatable bonds is 9. The summed E-state index contributed by atoms with van der Waals surface area (Å²) in [6.07, 6.45) is -4.41. The van der Waals surface area contributed by atoms with Crippen LogP contribution in [-0.4, -0.2) is 49.1 Å². The van der Waals surface area contributed by atoms with Crippen LogP contribution in [0, 0.1) is 0 Å². The molecule has 1 unspecified atom stereocenters. The van der Waals surface area contributed by atoms with Crippen LogP contribution in [0.15, 0.2) is 91.0 Å². The molecule has 0 bridgehead atoms. The molecule has 1 saturated heterocycles. The van der Waals surface area contributed by atoms with Crippen LogP contribution in [0.2, 0.25) is 0 Å². The summed E-state index contributed by atoms with van der Waals surface area (Å²) in [6.45, 7) is 3.57. The van der Waals surface area contributed by atoms with Crippen LogP contribution in [-0.2, 0) is 43.7 Å². The van der Waals surface area contributed by atoms with E-state index in [1.807, 2.05) is 91.0 Å². The molecule has 0 radical (unpaired) electrons. The highest BCUT2D eigenvalue weighted by Gasteiger charge is 2.52. The molecule has 0 saturated carbocycles. The maximum atomic E-state index is 12.0. The standard InChI is InChI=1S/C30H30O8/c1-20(31)35-27-26(38-29(37-22(3)33)28(27)36-21(2)32)19-34-30(23-13-7-4-8-14-23,24-15-9-5-10-16-24)25-17-11-6-12-18-25/h4-18,26-29H,19H2,1-3H3/t26-,27-,28-,29?/m1/s1. The van der Waals surface area contributed by atoms with Crippen molar-refractivity contribution in [1.82, 2.24) is 0 Å². The van der Waals surface area contributed by atoms with Crippen LogP contribution >= 0.6 is 0 Å². The summed E-state index contributed by atoms with van der Waals surface area (Å²) in [5, 5.41) is 0. The second kappa shape index (κ2) is 12.0. The molecule has 198 valence electrons. The Morgan fingerprint density at radius 1 is 0.632 bits per heavy atom. The molecule has 1 heterocycles. The van der Waals surface area contributed by atoms with E-state index in [2.05, 4.69) is 0 Å². The summed E-state index contributed by atoms with van der Waals surface area (Å²) in [5.41, 5.74) is 1.54. The number of benzene rings is 3. The molecule has 3 aromatic rings. The maximum Gasteiger partial charge on any atom is 0.305 e. The maximum absolute atomic E-state index is 12.0. The Hall–Kier alpha value is -4.01. The topological polar surface area (TPSA) is 97.4 Å². The zero-order valence-electron chi connectivity index (χ0n) is 21.4. The van der Waals surface area contributed by atoms with Gasteiger partial charge in [0, 0.05) is 20.8 Å². The minimum atomic E-state index is -1.27. The van der Waals surface area contributed by atoms with Gasteiger partial charge in [0.05, 0.1) is 6.61 Å². The van der Waals surface area contributed by atoms with E-state index in [0.717, 1.165) is 16.7 Å². The zero-order valence-corrected chi connectivity index (χ0v) is 21.4. The van der Waals surface area contributed by atoms with Gasteiger partial charge in [0.25, 0.3) is 0 Å². The van der Waals surface area contributed by atoms with E-state index >= 15 is 0 Å². The first kappa shape index (κ1) is 27.0. The Bertz CT molecular complexity index is 1130. The van der Waals surface area contributed by atoms with Gasteiger partial charge in [0.15, 0.2) is 6.10 Å². The molecule has 0 N–H and O–H groups in total. The summed E-state index contributed by atoms with van der Waals surface area (Å²) in [5.74, 6) is -1.88. The predicted molar refractivity (Wildman–Crippen MR) is 137 cm³/mol. The van der Waals surface area contributed by atoms with Gasteiger partial charge in [-0.25, -0.2) is 0 Å². The highest BCUT2D eigenvalue weighted by atomic mass is 16.8. The van der Waals surface area contributed by atoms with Crippen LogP contribution in [0.1, 0.15) is 37.5 Å². The molecule has 0 aromatic heterocycles. The van der Waals surface area contributed by atoms with E-state index in [0.29, 0.717) is 0 Å². The summed E-state index contributed by atoms with van der Waals surface area (Å²) < 4.78 is 28.9. The van der Waals surface area contributed by atoms with Crippen molar-refractivity contribution in [1.29, 1.82) is 0 Å². The van der Waals surface area contributed by atoms with Gasteiger partial charge in [0.1, 0.15) is 11.7 Å². The Balaban J connectivity index is 1.77. The van der Waals surface area contributed by atoms with Gasteiger partial charge < -0.3 is 23.7 Å². The average Bonchev–Trinajstić information content (AvgIpc) is 3.20. The molecule has 1 aliphatic heterocycles. The van der Waals surface area contributed by atoms with Gasteiger partial charge in [-0.1, -0.05) is 91.0 Å². The van der Waals surface area contributed by atoms with Crippen molar-refractivity contribution in [3.05, 3.63) is 108 Å². The molecule has 8 nitrogen and oxygen atoms in total. The summed E-state index contributed by atoms with van der Waals surface area (Å²) >= 11 is 0. The van der Waals surface area contributed by atoms with Gasteiger partial charge in [-0.3, -0.25) is 14.4 Å². The lowest BCUT2D eigenvalue weighted by molar-refractivity contribution is -0.198. The van der Waals surface area contributed by atoms with Crippen LogP contribution in [0.5, 0.6) is 0 Å². The van der Waals surface area contributed by atoms with Crippen LogP contribution < -0.4 is 0 Å². The Morgan fingerprint density at radius 3 is 1.42 bits per heavy atom. The van der Waals surface area contributed by atoms with Crippen molar-refractivity contribution in [2.45, 2.75) is 51.0 Å². The van der Waals surface area contributed by atoms with Gasteiger partial charge in [-0.05, 0) is 16.7 Å². The van der Waals surface area contributed by atoms with Crippen LogP contribution in [0.4, 0.5) is 0 Å². The minimum Gasteiger partial charge on any atom is -0.455 e. The largest absolute Gasteiger partial charge is 0.455 e. The highest BCUT2D eigenvalue weighted by molar-refractivity contribution is 5.68. The van der Waals surface area contributed by atoms with Gasteiger partial charge in [-0.2, -0.15) is 0 Å². The van der Waals surface area contributed by atoms with Gasteiger partial charge in [-0.15, -0.1) is 0 Å². The lowest BCUT2D eigenvalue weighted by Gasteiger charge is -2.37. The highest BCUT2D eigenvalue weighted by Crippen LogP contribution is 2.41. The van der Waals surface area contributed by atoms with Crippen molar-refractivity contribution < 1.29 is 38.1 Å². The molecule has 0 spiro atoms. The molecule has 4 rings (SSSR count). The third-order valence-electron chi connectivity index (χ3n) is 6.16. The van der Waals surface area contributed by atoms with Crippen molar-refractivity contribution in [2.24, 2.45) is 0 Å². The van der Waals surface area contributed by atoms with E-state index in [-0.39, 0.29) is 6.61 Å². The van der Waals surface area contributed by atoms with Crippen LogP contribution in [0.3, 0.4) is 0 Å². The molecule has 3 aromatic carbocycles. The second-order valence-electron chi connectivity index (χ2n) is 8.89. The van der Waals surface area contributed by atoms with Crippen LogP contribution in [0.25, 0.3) is 0 Å². The summed E-state index contributed by atoms with van der Waals surface area (Å²) in [6, 6.07) is 29.2. The zero-order chi connectivity index (χ0) is 27.1. The second-order valence-corrected chi connectivity index (χ2v) is 8.89. The first-order valence-electron chi connectivity index (χ1n) is 12.3. The number of carbonyl (C=O) groups is 3. The Kier molecular flexibility index (Phi) is 8.55. The predicted octanol–water partition coefficient (Wildman–Crippen LogP) is 4.15. The summed E-state index contributed by atoms with van der Waals surface area (Å²) in [7, 11) is 0. The molecule has 0 aliphatic carbocycles. The monoisotopic (exact) mass is 518 g/mol. The Morgan fingerprint density at radius 2 is 1.03 bits per heavy atom. The van der Waals surface area contributed by atoms with E-state index in [1.165, 1.54) is 20.8 Å². The first-order chi connectivity index (χ1) is 18.3. The normalized spacial score (nSPS) is 20.9. The third-order valence-corrected chi connectivity index (χ3v) is 6.16. The van der Waals surface area contributed by atoms with E-state index in [9.17, 15) is 14.4 Å². The van der Waals surface area contributed by atoms with Crippen molar-refractivity contribution in [2.75, 3.05) is 6.61 Å². The van der Waals surface area contributed by atoms with Gasteiger partial charge in [0.2, 0.25) is 12.4 Å². The average molecular weight is 519 g/mol. The van der Waals surface area contributed by atoms with Crippen molar-refractivity contribution in [3.8, 4) is 0 Å².